The third-order valence-corrected chi connectivity index (χ3v) is 5.78. The molecule has 6 heteroatoms. The van der Waals surface area contributed by atoms with E-state index in [2.05, 4.69) is 10.2 Å². The Labute approximate surface area is 187 Å². The van der Waals surface area contributed by atoms with Crippen molar-refractivity contribution < 1.29 is 14.0 Å². The second-order valence-corrected chi connectivity index (χ2v) is 7.99. The highest BCUT2D eigenvalue weighted by atomic mass is 19.1. The first-order chi connectivity index (χ1) is 15.5. The Morgan fingerprint density at radius 2 is 1.53 bits per heavy atom. The molecule has 164 valence electrons. The molecule has 1 aliphatic heterocycles. The summed E-state index contributed by atoms with van der Waals surface area (Å²) >= 11 is 0. The van der Waals surface area contributed by atoms with Gasteiger partial charge in [0.25, 0.3) is 5.91 Å². The van der Waals surface area contributed by atoms with Crippen LogP contribution in [-0.4, -0.2) is 42.9 Å². The summed E-state index contributed by atoms with van der Waals surface area (Å²) in [5, 5.41) is 2.94. The zero-order valence-corrected chi connectivity index (χ0v) is 18.1. The van der Waals surface area contributed by atoms with Crippen molar-refractivity contribution in [1.82, 2.24) is 4.90 Å². The summed E-state index contributed by atoms with van der Waals surface area (Å²) in [5.41, 5.74) is 4.23. The van der Waals surface area contributed by atoms with Gasteiger partial charge < -0.3 is 15.1 Å². The van der Waals surface area contributed by atoms with Crippen molar-refractivity contribution in [2.75, 3.05) is 36.4 Å². The Balaban J connectivity index is 1.30. The first-order valence-electron chi connectivity index (χ1n) is 10.7. The number of carbonyl (C=O) groups excluding carboxylic acids is 2. The number of aryl methyl sites for hydroxylation is 1. The highest BCUT2D eigenvalue weighted by Crippen LogP contribution is 2.21. The summed E-state index contributed by atoms with van der Waals surface area (Å²) in [6.45, 7) is 4.69. The predicted molar refractivity (Wildman–Crippen MR) is 124 cm³/mol. The lowest BCUT2D eigenvalue weighted by molar-refractivity contribution is -0.130. The van der Waals surface area contributed by atoms with Crippen molar-refractivity contribution in [2.24, 2.45) is 0 Å². The van der Waals surface area contributed by atoms with E-state index in [1.807, 2.05) is 60.4 Å². The van der Waals surface area contributed by atoms with Gasteiger partial charge in [-0.15, -0.1) is 0 Å². The van der Waals surface area contributed by atoms with E-state index in [1.54, 1.807) is 12.1 Å². The lowest BCUT2D eigenvalue weighted by Crippen LogP contribution is -2.49. The van der Waals surface area contributed by atoms with Gasteiger partial charge >= 0.3 is 0 Å². The number of amides is 2. The number of nitrogens with one attached hydrogen (secondary N) is 1. The second kappa shape index (κ2) is 9.64. The summed E-state index contributed by atoms with van der Waals surface area (Å²) in [4.78, 5) is 29.1. The molecule has 3 aromatic rings. The smallest absolute Gasteiger partial charge is 0.255 e. The van der Waals surface area contributed by atoms with Gasteiger partial charge in [-0.05, 0) is 60.5 Å². The summed E-state index contributed by atoms with van der Waals surface area (Å²) in [7, 11) is 0. The molecule has 0 aromatic heterocycles. The van der Waals surface area contributed by atoms with Gasteiger partial charge in [-0.1, -0.05) is 30.3 Å². The molecule has 4 rings (SSSR count). The minimum absolute atomic E-state index is 0.0607. The molecule has 0 aliphatic carbocycles. The first-order valence-corrected chi connectivity index (χ1v) is 10.7. The van der Waals surface area contributed by atoms with E-state index in [0.29, 0.717) is 18.7 Å². The van der Waals surface area contributed by atoms with Gasteiger partial charge in [0.1, 0.15) is 5.82 Å². The summed E-state index contributed by atoms with van der Waals surface area (Å²) < 4.78 is 13.0. The zero-order chi connectivity index (χ0) is 22.5. The molecule has 1 heterocycles. The molecule has 2 amide bonds. The fourth-order valence-corrected chi connectivity index (χ4v) is 3.88. The Hall–Kier alpha value is -3.67. The normalized spacial score (nSPS) is 13.7. The zero-order valence-electron chi connectivity index (χ0n) is 18.1. The quantitative estimate of drug-likeness (QED) is 0.656. The van der Waals surface area contributed by atoms with Crippen molar-refractivity contribution in [1.29, 1.82) is 0 Å². The SMILES string of the molecule is Cc1ccccc1C(=O)Nc1ccc(N2CCN(C(=O)Cc3ccc(F)cc3)CC2)cc1. The van der Waals surface area contributed by atoms with Crippen LogP contribution in [0.1, 0.15) is 21.5 Å². The van der Waals surface area contributed by atoms with Crippen LogP contribution in [0.25, 0.3) is 0 Å². The standard InChI is InChI=1S/C26H26FN3O2/c1-19-4-2-3-5-24(19)26(32)28-22-10-12-23(13-11-22)29-14-16-30(17-15-29)25(31)18-20-6-8-21(27)9-7-20/h2-13H,14-18H2,1H3,(H,28,32). The molecule has 1 N–H and O–H groups in total. The molecule has 1 aliphatic rings. The minimum Gasteiger partial charge on any atom is -0.368 e. The van der Waals surface area contributed by atoms with Crippen LogP contribution >= 0.6 is 0 Å². The average molecular weight is 432 g/mol. The van der Waals surface area contributed by atoms with E-state index < -0.39 is 0 Å². The summed E-state index contributed by atoms with van der Waals surface area (Å²) in [5.74, 6) is -0.356. The monoisotopic (exact) mass is 431 g/mol. The Bertz CT molecular complexity index is 1090. The first kappa shape index (κ1) is 21.6. The van der Waals surface area contributed by atoms with Crippen LogP contribution in [0.3, 0.4) is 0 Å². The molecule has 0 bridgehead atoms. The molecular weight excluding hydrogens is 405 g/mol. The fourth-order valence-electron chi connectivity index (χ4n) is 3.88. The van der Waals surface area contributed by atoms with Gasteiger partial charge in [0.2, 0.25) is 5.91 Å². The van der Waals surface area contributed by atoms with Gasteiger partial charge in [-0.25, -0.2) is 4.39 Å². The van der Waals surface area contributed by atoms with Crippen molar-refractivity contribution in [3.8, 4) is 0 Å². The number of hydrogen-bond acceptors (Lipinski definition) is 3. The summed E-state index contributed by atoms with van der Waals surface area (Å²) in [6.07, 6.45) is 0.287. The molecule has 3 aromatic carbocycles. The molecule has 0 saturated carbocycles. The maximum absolute atomic E-state index is 13.0. The van der Waals surface area contributed by atoms with Crippen LogP contribution in [0.5, 0.6) is 0 Å². The lowest BCUT2D eigenvalue weighted by Gasteiger charge is -2.36. The highest BCUT2D eigenvalue weighted by Gasteiger charge is 2.21. The maximum Gasteiger partial charge on any atom is 0.255 e. The molecule has 5 nitrogen and oxygen atoms in total. The van der Waals surface area contributed by atoms with Crippen LogP contribution < -0.4 is 10.2 Å². The third kappa shape index (κ3) is 5.14. The largest absolute Gasteiger partial charge is 0.368 e. The lowest BCUT2D eigenvalue weighted by atomic mass is 10.1. The van der Waals surface area contributed by atoms with Crippen LogP contribution in [0.4, 0.5) is 15.8 Å². The van der Waals surface area contributed by atoms with Gasteiger partial charge in [0.05, 0.1) is 6.42 Å². The predicted octanol–water partition coefficient (Wildman–Crippen LogP) is 4.28. The van der Waals surface area contributed by atoms with E-state index in [9.17, 15) is 14.0 Å². The van der Waals surface area contributed by atoms with Crippen molar-refractivity contribution in [3.63, 3.8) is 0 Å². The topological polar surface area (TPSA) is 52.7 Å². The molecule has 1 fully saturated rings. The van der Waals surface area contributed by atoms with E-state index >= 15 is 0 Å². The molecule has 0 unspecified atom stereocenters. The average Bonchev–Trinajstić information content (AvgIpc) is 2.81. The number of rotatable bonds is 5. The van der Waals surface area contributed by atoms with E-state index in [4.69, 9.17) is 0 Å². The molecule has 0 atom stereocenters. The Morgan fingerprint density at radius 1 is 0.875 bits per heavy atom. The minimum atomic E-state index is -0.296. The van der Waals surface area contributed by atoms with E-state index in [1.165, 1.54) is 12.1 Å². The van der Waals surface area contributed by atoms with Gasteiger partial charge in [0, 0.05) is 43.1 Å². The number of piperazine rings is 1. The van der Waals surface area contributed by atoms with Gasteiger partial charge in [-0.3, -0.25) is 9.59 Å². The summed E-state index contributed by atoms with van der Waals surface area (Å²) in [6, 6.07) is 21.4. The van der Waals surface area contributed by atoms with Crippen LogP contribution in [-0.2, 0) is 11.2 Å². The fraction of sp³-hybridized carbons (Fsp3) is 0.231. The Morgan fingerprint density at radius 3 is 2.19 bits per heavy atom. The molecular formula is C26H26FN3O2. The number of hydrogen-bond donors (Lipinski definition) is 1. The van der Waals surface area contributed by atoms with Crippen LogP contribution in [0.2, 0.25) is 0 Å². The number of anilines is 2. The number of halogens is 1. The van der Waals surface area contributed by atoms with Crippen molar-refractivity contribution in [3.05, 3.63) is 95.3 Å². The van der Waals surface area contributed by atoms with Crippen LogP contribution in [0, 0.1) is 12.7 Å². The van der Waals surface area contributed by atoms with E-state index in [-0.39, 0.29) is 24.1 Å². The highest BCUT2D eigenvalue weighted by molar-refractivity contribution is 6.05. The third-order valence-electron chi connectivity index (χ3n) is 5.78. The molecule has 1 saturated heterocycles. The molecule has 0 spiro atoms. The van der Waals surface area contributed by atoms with E-state index in [0.717, 1.165) is 35.6 Å². The second-order valence-electron chi connectivity index (χ2n) is 7.99. The maximum atomic E-state index is 13.0. The van der Waals surface area contributed by atoms with Crippen molar-refractivity contribution in [2.45, 2.75) is 13.3 Å². The Kier molecular flexibility index (Phi) is 6.50. The van der Waals surface area contributed by atoms with Crippen molar-refractivity contribution >= 4 is 23.2 Å². The van der Waals surface area contributed by atoms with Gasteiger partial charge in [-0.2, -0.15) is 0 Å². The molecule has 0 radical (unpaired) electrons. The molecule has 32 heavy (non-hydrogen) atoms. The number of nitrogens with zero attached hydrogens (tertiary/aromatic N) is 2. The van der Waals surface area contributed by atoms with Crippen LogP contribution in [0.15, 0.2) is 72.8 Å². The number of benzene rings is 3. The van der Waals surface area contributed by atoms with Gasteiger partial charge in [0.15, 0.2) is 0 Å². The number of carbonyl (C=O) groups is 2.